The summed E-state index contributed by atoms with van der Waals surface area (Å²) in [6, 6.07) is 16.1. The predicted octanol–water partition coefficient (Wildman–Crippen LogP) is 4.93. The van der Waals surface area contributed by atoms with E-state index in [4.69, 9.17) is 0 Å². The Hall–Kier alpha value is -3.32. The molecule has 0 unspecified atom stereocenters. The van der Waals surface area contributed by atoms with Gasteiger partial charge < -0.3 is 5.32 Å². The Morgan fingerprint density at radius 1 is 1.14 bits per heavy atom. The van der Waals surface area contributed by atoms with E-state index in [2.05, 4.69) is 15.4 Å². The first-order chi connectivity index (χ1) is 14.0. The number of aryl methyl sites for hydroxylation is 1. The number of nitrogens with zero attached hydrogens (tertiary/aromatic N) is 3. The van der Waals surface area contributed by atoms with E-state index in [0.29, 0.717) is 22.0 Å². The minimum atomic E-state index is -0.307. The van der Waals surface area contributed by atoms with Crippen molar-refractivity contribution in [2.45, 2.75) is 20.3 Å². The third-order valence-corrected chi connectivity index (χ3v) is 5.46. The molecule has 0 bridgehead atoms. The van der Waals surface area contributed by atoms with Gasteiger partial charge in [-0.2, -0.15) is 5.10 Å². The molecular weight excluding hydrogens is 387 g/mol. The van der Waals surface area contributed by atoms with Crippen LogP contribution < -0.4 is 5.32 Å². The Morgan fingerprint density at radius 2 is 1.93 bits per heavy atom. The van der Waals surface area contributed by atoms with Gasteiger partial charge in [0.2, 0.25) is 5.91 Å². The highest BCUT2D eigenvalue weighted by Gasteiger charge is 2.16. The van der Waals surface area contributed by atoms with Crippen molar-refractivity contribution < 1.29 is 9.18 Å². The van der Waals surface area contributed by atoms with E-state index in [1.54, 1.807) is 12.1 Å². The average Bonchev–Trinajstić information content (AvgIpc) is 3.28. The SMILES string of the molecule is Cc1nn(-c2ccccc2)c(C)c1NC(=O)Cc1csc(-c2cccc(F)c2)n1. The van der Waals surface area contributed by atoms with E-state index in [1.807, 2.05) is 54.2 Å². The number of nitrogens with one attached hydrogen (secondary N) is 1. The van der Waals surface area contributed by atoms with Gasteiger partial charge in [-0.1, -0.05) is 30.3 Å². The zero-order valence-corrected chi connectivity index (χ0v) is 16.8. The minimum absolute atomic E-state index is 0.140. The molecule has 0 saturated heterocycles. The van der Waals surface area contributed by atoms with Crippen LogP contribution >= 0.6 is 11.3 Å². The van der Waals surface area contributed by atoms with Crippen molar-refractivity contribution in [3.63, 3.8) is 0 Å². The van der Waals surface area contributed by atoms with E-state index in [1.165, 1.54) is 23.5 Å². The van der Waals surface area contributed by atoms with E-state index in [-0.39, 0.29) is 18.1 Å². The molecule has 2 aromatic carbocycles. The van der Waals surface area contributed by atoms with Gasteiger partial charge in [0.05, 0.1) is 34.9 Å². The van der Waals surface area contributed by atoms with Crippen molar-refractivity contribution in [1.29, 1.82) is 0 Å². The molecule has 0 atom stereocenters. The van der Waals surface area contributed by atoms with Gasteiger partial charge in [-0.3, -0.25) is 4.79 Å². The lowest BCUT2D eigenvalue weighted by Crippen LogP contribution is -2.15. The summed E-state index contributed by atoms with van der Waals surface area (Å²) in [4.78, 5) is 17.1. The number of rotatable bonds is 5. The number of anilines is 1. The molecule has 4 aromatic rings. The topological polar surface area (TPSA) is 59.8 Å². The van der Waals surface area contributed by atoms with Crippen LogP contribution in [0, 0.1) is 19.7 Å². The summed E-state index contributed by atoms with van der Waals surface area (Å²) in [5.41, 5.74) is 4.61. The van der Waals surface area contributed by atoms with Crippen molar-refractivity contribution >= 4 is 22.9 Å². The number of carbonyl (C=O) groups excluding carboxylic acids is 1. The van der Waals surface area contributed by atoms with Crippen LogP contribution in [0.1, 0.15) is 17.1 Å². The fourth-order valence-corrected chi connectivity index (χ4v) is 3.95. The first kappa shape index (κ1) is 19.0. The normalized spacial score (nSPS) is 10.9. The molecule has 0 aliphatic carbocycles. The molecule has 7 heteroatoms. The van der Waals surface area contributed by atoms with Crippen LogP contribution in [-0.2, 0) is 11.2 Å². The molecule has 0 radical (unpaired) electrons. The largest absolute Gasteiger partial charge is 0.323 e. The zero-order chi connectivity index (χ0) is 20.4. The van der Waals surface area contributed by atoms with Gasteiger partial charge in [0.1, 0.15) is 10.8 Å². The number of hydrogen-bond donors (Lipinski definition) is 1. The number of halogens is 1. The number of hydrogen-bond acceptors (Lipinski definition) is 4. The summed E-state index contributed by atoms with van der Waals surface area (Å²) in [6.07, 6.45) is 0.140. The number of thiazole rings is 1. The van der Waals surface area contributed by atoms with E-state index >= 15 is 0 Å². The van der Waals surface area contributed by atoms with Crippen LogP contribution in [0.4, 0.5) is 10.1 Å². The maximum absolute atomic E-state index is 13.4. The summed E-state index contributed by atoms with van der Waals surface area (Å²) < 4.78 is 15.2. The van der Waals surface area contributed by atoms with E-state index < -0.39 is 0 Å². The Labute approximate surface area is 171 Å². The van der Waals surface area contributed by atoms with Gasteiger partial charge in [0, 0.05) is 10.9 Å². The van der Waals surface area contributed by atoms with Gasteiger partial charge in [-0.25, -0.2) is 14.1 Å². The standard InChI is InChI=1S/C22H19FN4OS/c1-14-21(15(2)27(26-14)19-9-4-3-5-10-19)25-20(28)12-18-13-29-22(24-18)16-7-6-8-17(23)11-16/h3-11,13H,12H2,1-2H3,(H,25,28). The van der Waals surface area contributed by atoms with Crippen molar-refractivity contribution in [3.05, 3.63) is 82.9 Å². The molecule has 0 aliphatic rings. The number of amides is 1. The van der Waals surface area contributed by atoms with Gasteiger partial charge >= 0.3 is 0 Å². The lowest BCUT2D eigenvalue weighted by Gasteiger charge is -2.06. The number of benzene rings is 2. The molecule has 146 valence electrons. The average molecular weight is 406 g/mol. The number of carbonyl (C=O) groups is 1. The van der Waals surface area contributed by atoms with Gasteiger partial charge in [0.25, 0.3) is 0 Å². The highest BCUT2D eigenvalue weighted by atomic mass is 32.1. The fraction of sp³-hybridized carbons (Fsp3) is 0.136. The van der Waals surface area contributed by atoms with E-state index in [0.717, 1.165) is 17.1 Å². The maximum atomic E-state index is 13.4. The quantitative estimate of drug-likeness (QED) is 0.511. The monoisotopic (exact) mass is 406 g/mol. The molecule has 2 aromatic heterocycles. The predicted molar refractivity (Wildman–Crippen MR) is 113 cm³/mol. The maximum Gasteiger partial charge on any atom is 0.230 e. The molecule has 1 amide bonds. The molecule has 0 saturated carbocycles. The van der Waals surface area contributed by atoms with Crippen molar-refractivity contribution in [2.24, 2.45) is 0 Å². The molecule has 0 spiro atoms. The lowest BCUT2D eigenvalue weighted by molar-refractivity contribution is -0.115. The zero-order valence-electron chi connectivity index (χ0n) is 16.0. The van der Waals surface area contributed by atoms with Gasteiger partial charge in [-0.05, 0) is 38.1 Å². The van der Waals surface area contributed by atoms with Crippen LogP contribution in [0.25, 0.3) is 16.3 Å². The first-order valence-electron chi connectivity index (χ1n) is 9.13. The van der Waals surface area contributed by atoms with Crippen LogP contribution in [0.2, 0.25) is 0 Å². The molecular formula is C22H19FN4OS. The Bertz CT molecular complexity index is 1170. The summed E-state index contributed by atoms with van der Waals surface area (Å²) in [5.74, 6) is -0.474. The second kappa shape index (κ2) is 7.97. The summed E-state index contributed by atoms with van der Waals surface area (Å²) in [7, 11) is 0. The van der Waals surface area contributed by atoms with Crippen LogP contribution in [0.15, 0.2) is 60.0 Å². The third-order valence-electron chi connectivity index (χ3n) is 4.52. The molecule has 5 nitrogen and oxygen atoms in total. The highest BCUT2D eigenvalue weighted by molar-refractivity contribution is 7.13. The van der Waals surface area contributed by atoms with Crippen molar-refractivity contribution in [2.75, 3.05) is 5.32 Å². The molecule has 2 heterocycles. The van der Waals surface area contributed by atoms with Crippen LogP contribution in [-0.4, -0.2) is 20.7 Å². The summed E-state index contributed by atoms with van der Waals surface area (Å²) >= 11 is 1.39. The molecule has 0 fully saturated rings. The number of para-hydroxylation sites is 1. The molecule has 0 aliphatic heterocycles. The van der Waals surface area contributed by atoms with Gasteiger partial charge in [0.15, 0.2) is 0 Å². The second-order valence-electron chi connectivity index (χ2n) is 6.67. The van der Waals surface area contributed by atoms with Crippen LogP contribution in [0.5, 0.6) is 0 Å². The Balaban J connectivity index is 1.49. The minimum Gasteiger partial charge on any atom is -0.323 e. The summed E-state index contributed by atoms with van der Waals surface area (Å²) in [5, 5.41) is 10.0. The highest BCUT2D eigenvalue weighted by Crippen LogP contribution is 2.26. The van der Waals surface area contributed by atoms with Crippen molar-refractivity contribution in [1.82, 2.24) is 14.8 Å². The molecule has 4 rings (SSSR count). The van der Waals surface area contributed by atoms with Crippen molar-refractivity contribution in [3.8, 4) is 16.3 Å². The Morgan fingerprint density at radius 3 is 2.69 bits per heavy atom. The summed E-state index contributed by atoms with van der Waals surface area (Å²) in [6.45, 7) is 3.79. The molecule has 29 heavy (non-hydrogen) atoms. The Kier molecular flexibility index (Phi) is 5.22. The lowest BCUT2D eigenvalue weighted by atomic mass is 10.2. The fourth-order valence-electron chi connectivity index (χ4n) is 3.13. The molecule has 1 N–H and O–H groups in total. The third kappa shape index (κ3) is 4.09. The van der Waals surface area contributed by atoms with E-state index in [9.17, 15) is 9.18 Å². The smallest absolute Gasteiger partial charge is 0.230 e. The second-order valence-corrected chi connectivity index (χ2v) is 7.53. The first-order valence-corrected chi connectivity index (χ1v) is 10.0. The van der Waals surface area contributed by atoms with Gasteiger partial charge in [-0.15, -0.1) is 11.3 Å². The van der Waals surface area contributed by atoms with Crippen LogP contribution in [0.3, 0.4) is 0 Å². The number of aromatic nitrogens is 3.